The van der Waals surface area contributed by atoms with Gasteiger partial charge in [-0.2, -0.15) is 0 Å². The first-order valence-electron chi connectivity index (χ1n) is 5.08. The van der Waals surface area contributed by atoms with Crippen molar-refractivity contribution in [1.82, 2.24) is 5.32 Å². The van der Waals surface area contributed by atoms with Crippen LogP contribution in [-0.2, 0) is 0 Å². The van der Waals surface area contributed by atoms with Gasteiger partial charge in [-0.05, 0) is 30.7 Å². The molecule has 2 aliphatic rings. The quantitative estimate of drug-likeness (QED) is 0.610. The van der Waals surface area contributed by atoms with Crippen LogP contribution in [0.2, 0.25) is 0 Å². The third-order valence-corrected chi connectivity index (χ3v) is 3.50. The molecule has 0 radical (unpaired) electrons. The van der Waals surface area contributed by atoms with Crippen molar-refractivity contribution in [3.05, 3.63) is 0 Å². The normalized spacial score (nSPS) is 40.6. The standard InChI is InChI=1S/C10H19N/c1-2-3-4-5-10-6-9(10)7-11-8-10/h9,11H,2-8H2,1H3. The van der Waals surface area contributed by atoms with Gasteiger partial charge in [0.25, 0.3) is 0 Å². The van der Waals surface area contributed by atoms with Gasteiger partial charge in [0.05, 0.1) is 0 Å². The predicted octanol–water partition coefficient (Wildman–Crippen LogP) is 2.18. The molecule has 0 aromatic carbocycles. The fourth-order valence-electron chi connectivity index (χ4n) is 2.55. The molecule has 0 spiro atoms. The van der Waals surface area contributed by atoms with Crippen molar-refractivity contribution < 1.29 is 0 Å². The Hall–Kier alpha value is -0.0400. The van der Waals surface area contributed by atoms with Gasteiger partial charge in [-0.3, -0.25) is 0 Å². The molecular weight excluding hydrogens is 134 g/mol. The van der Waals surface area contributed by atoms with Crippen molar-refractivity contribution >= 4 is 0 Å². The summed E-state index contributed by atoms with van der Waals surface area (Å²) in [5.41, 5.74) is 0.801. The predicted molar refractivity (Wildman–Crippen MR) is 47.6 cm³/mol. The van der Waals surface area contributed by atoms with Crippen molar-refractivity contribution in [2.75, 3.05) is 13.1 Å². The van der Waals surface area contributed by atoms with Gasteiger partial charge in [-0.25, -0.2) is 0 Å². The van der Waals surface area contributed by atoms with Gasteiger partial charge < -0.3 is 5.32 Å². The van der Waals surface area contributed by atoms with Crippen molar-refractivity contribution in [2.45, 2.75) is 39.0 Å². The van der Waals surface area contributed by atoms with Gasteiger partial charge in [0.1, 0.15) is 0 Å². The molecule has 0 aromatic heterocycles. The van der Waals surface area contributed by atoms with E-state index in [1.807, 2.05) is 0 Å². The molecule has 2 unspecified atom stereocenters. The summed E-state index contributed by atoms with van der Waals surface area (Å²) in [4.78, 5) is 0. The summed E-state index contributed by atoms with van der Waals surface area (Å²) in [5.74, 6) is 1.07. The first-order valence-corrected chi connectivity index (χ1v) is 5.08. The average Bonchev–Trinajstić information content (AvgIpc) is 2.55. The summed E-state index contributed by atoms with van der Waals surface area (Å²) >= 11 is 0. The van der Waals surface area contributed by atoms with Gasteiger partial charge >= 0.3 is 0 Å². The zero-order valence-electron chi connectivity index (χ0n) is 7.53. The maximum absolute atomic E-state index is 3.49. The molecule has 1 nitrogen and oxygen atoms in total. The van der Waals surface area contributed by atoms with Crippen LogP contribution in [0.25, 0.3) is 0 Å². The van der Waals surface area contributed by atoms with E-state index in [1.54, 1.807) is 0 Å². The van der Waals surface area contributed by atoms with Crippen LogP contribution in [0, 0.1) is 11.3 Å². The van der Waals surface area contributed by atoms with Crippen LogP contribution < -0.4 is 5.32 Å². The Morgan fingerprint density at radius 3 is 2.91 bits per heavy atom. The molecule has 1 heterocycles. The second-order valence-corrected chi connectivity index (χ2v) is 4.35. The van der Waals surface area contributed by atoms with Crippen molar-refractivity contribution in [3.8, 4) is 0 Å². The summed E-state index contributed by atoms with van der Waals surface area (Å²) in [6.07, 6.45) is 7.31. The number of unbranched alkanes of at least 4 members (excludes halogenated alkanes) is 2. The van der Waals surface area contributed by atoms with E-state index in [0.29, 0.717) is 0 Å². The number of nitrogens with one attached hydrogen (secondary N) is 1. The van der Waals surface area contributed by atoms with Crippen LogP contribution in [0.3, 0.4) is 0 Å². The van der Waals surface area contributed by atoms with E-state index in [2.05, 4.69) is 12.2 Å². The Balaban J connectivity index is 1.70. The second-order valence-electron chi connectivity index (χ2n) is 4.35. The van der Waals surface area contributed by atoms with E-state index in [-0.39, 0.29) is 0 Å². The molecule has 0 aromatic rings. The molecule has 1 N–H and O–H groups in total. The Morgan fingerprint density at radius 2 is 2.36 bits per heavy atom. The fraction of sp³-hybridized carbons (Fsp3) is 1.00. The zero-order chi connectivity index (χ0) is 7.73. The van der Waals surface area contributed by atoms with E-state index >= 15 is 0 Å². The lowest BCUT2D eigenvalue weighted by Gasteiger charge is -2.09. The molecule has 1 aliphatic carbocycles. The molecule has 1 aliphatic heterocycles. The molecule has 64 valence electrons. The number of fused-ring (bicyclic) bond motifs is 1. The molecule has 11 heavy (non-hydrogen) atoms. The van der Waals surface area contributed by atoms with Crippen LogP contribution in [0.5, 0.6) is 0 Å². The molecule has 2 atom stereocenters. The summed E-state index contributed by atoms with van der Waals surface area (Å²) in [6, 6.07) is 0. The SMILES string of the molecule is CCCCCC12CNCC1C2. The van der Waals surface area contributed by atoms with E-state index in [9.17, 15) is 0 Å². The lowest BCUT2D eigenvalue weighted by Crippen LogP contribution is -2.15. The number of piperidine rings is 1. The van der Waals surface area contributed by atoms with Crippen LogP contribution in [-0.4, -0.2) is 13.1 Å². The molecule has 0 amide bonds. The molecule has 1 heteroatoms. The van der Waals surface area contributed by atoms with Gasteiger partial charge in [0, 0.05) is 6.54 Å². The lowest BCUT2D eigenvalue weighted by molar-refractivity contribution is 0.443. The highest BCUT2D eigenvalue weighted by atomic mass is 15.0. The Bertz CT molecular complexity index is 144. The highest BCUT2D eigenvalue weighted by Crippen LogP contribution is 2.58. The first-order chi connectivity index (χ1) is 5.37. The summed E-state index contributed by atoms with van der Waals surface area (Å²) < 4.78 is 0. The van der Waals surface area contributed by atoms with Gasteiger partial charge in [0.15, 0.2) is 0 Å². The molecule has 1 saturated heterocycles. The highest BCUT2D eigenvalue weighted by Gasteiger charge is 2.55. The van der Waals surface area contributed by atoms with Gasteiger partial charge in [-0.1, -0.05) is 26.2 Å². The Morgan fingerprint density at radius 1 is 1.45 bits per heavy atom. The highest BCUT2D eigenvalue weighted by molar-refractivity contribution is 5.08. The van der Waals surface area contributed by atoms with Crippen LogP contribution in [0.4, 0.5) is 0 Å². The van der Waals surface area contributed by atoms with Crippen LogP contribution >= 0.6 is 0 Å². The fourth-order valence-corrected chi connectivity index (χ4v) is 2.55. The number of hydrogen-bond donors (Lipinski definition) is 1. The van der Waals surface area contributed by atoms with Crippen LogP contribution in [0.1, 0.15) is 39.0 Å². The number of hydrogen-bond acceptors (Lipinski definition) is 1. The summed E-state index contributed by atoms with van der Waals surface area (Å²) in [7, 11) is 0. The summed E-state index contributed by atoms with van der Waals surface area (Å²) in [5, 5.41) is 3.49. The molecule has 1 saturated carbocycles. The average molecular weight is 153 g/mol. The molecular formula is C10H19N. The van der Waals surface area contributed by atoms with E-state index < -0.39 is 0 Å². The van der Waals surface area contributed by atoms with Crippen molar-refractivity contribution in [2.24, 2.45) is 11.3 Å². The van der Waals surface area contributed by atoms with E-state index in [4.69, 9.17) is 0 Å². The minimum atomic E-state index is 0.801. The minimum Gasteiger partial charge on any atom is -0.316 e. The number of rotatable bonds is 4. The van der Waals surface area contributed by atoms with E-state index in [0.717, 1.165) is 11.3 Å². The van der Waals surface area contributed by atoms with Crippen molar-refractivity contribution in [3.63, 3.8) is 0 Å². The third kappa shape index (κ3) is 1.31. The second kappa shape index (κ2) is 2.78. The third-order valence-electron chi connectivity index (χ3n) is 3.50. The summed E-state index contributed by atoms with van der Waals surface area (Å²) in [6.45, 7) is 4.92. The van der Waals surface area contributed by atoms with Gasteiger partial charge in [0.2, 0.25) is 0 Å². The topological polar surface area (TPSA) is 12.0 Å². The molecule has 0 bridgehead atoms. The monoisotopic (exact) mass is 153 g/mol. The van der Waals surface area contributed by atoms with Gasteiger partial charge in [-0.15, -0.1) is 0 Å². The largest absolute Gasteiger partial charge is 0.316 e. The molecule has 2 fully saturated rings. The van der Waals surface area contributed by atoms with Crippen molar-refractivity contribution in [1.29, 1.82) is 0 Å². The first kappa shape index (κ1) is 7.60. The Labute approximate surface area is 69.6 Å². The van der Waals surface area contributed by atoms with E-state index in [1.165, 1.54) is 45.2 Å². The maximum atomic E-state index is 3.49. The van der Waals surface area contributed by atoms with Crippen LogP contribution in [0.15, 0.2) is 0 Å². The molecule has 2 rings (SSSR count). The zero-order valence-corrected chi connectivity index (χ0v) is 7.53. The maximum Gasteiger partial charge on any atom is 0.00112 e. The smallest absolute Gasteiger partial charge is 0.00112 e. The lowest BCUT2D eigenvalue weighted by atomic mass is 9.98. The minimum absolute atomic E-state index is 0.801. The Kier molecular flexibility index (Phi) is 1.92.